The van der Waals surface area contributed by atoms with Crippen LogP contribution in [0.15, 0.2) is 64.1 Å². The zero-order valence-electron chi connectivity index (χ0n) is 21.9. The number of fused-ring (bicyclic) bond motifs is 1. The first kappa shape index (κ1) is 27.1. The van der Waals surface area contributed by atoms with Crippen LogP contribution >= 0.6 is 11.3 Å². The van der Waals surface area contributed by atoms with Crippen molar-refractivity contribution in [2.75, 3.05) is 13.7 Å². The second-order valence-electron chi connectivity index (χ2n) is 8.99. The molecule has 1 N–H and O–H groups in total. The molecule has 2 aromatic heterocycles. The van der Waals surface area contributed by atoms with Gasteiger partial charge in [0.25, 0.3) is 11.5 Å². The number of amides is 1. The highest BCUT2D eigenvalue weighted by Gasteiger charge is 2.14. The predicted octanol–water partition coefficient (Wildman–Crippen LogP) is 5.55. The summed E-state index contributed by atoms with van der Waals surface area (Å²) < 4.78 is 12.6. The van der Waals surface area contributed by atoms with Gasteiger partial charge in [0, 0.05) is 10.9 Å². The molecule has 0 aliphatic rings. The fourth-order valence-corrected chi connectivity index (χ4v) is 4.90. The van der Waals surface area contributed by atoms with Crippen molar-refractivity contribution in [3.05, 3.63) is 75.7 Å². The smallest absolute Gasteiger partial charge is 0.263 e. The number of carbonyl (C=O) groups excluding carboxylic acids is 1. The summed E-state index contributed by atoms with van der Waals surface area (Å²) in [4.78, 5) is 30.8. The van der Waals surface area contributed by atoms with E-state index in [9.17, 15) is 9.59 Å². The zero-order valence-corrected chi connectivity index (χ0v) is 22.7. The Labute approximate surface area is 225 Å². The van der Waals surface area contributed by atoms with E-state index in [2.05, 4.69) is 22.4 Å². The van der Waals surface area contributed by atoms with Crippen LogP contribution < -0.4 is 20.5 Å². The molecule has 0 saturated heterocycles. The van der Waals surface area contributed by atoms with E-state index in [1.165, 1.54) is 41.3 Å². The summed E-state index contributed by atoms with van der Waals surface area (Å²) in [5, 5.41) is 6.48. The summed E-state index contributed by atoms with van der Waals surface area (Å²) in [5.74, 6) is 0.836. The molecule has 0 aliphatic heterocycles. The Bertz CT molecular complexity index is 1470. The van der Waals surface area contributed by atoms with Crippen LogP contribution in [0.4, 0.5) is 0 Å². The highest BCUT2D eigenvalue weighted by atomic mass is 32.1. The topological polar surface area (TPSA) is 94.8 Å². The molecule has 38 heavy (non-hydrogen) atoms. The number of aromatic nitrogens is 2. The normalized spacial score (nSPS) is 11.2. The van der Waals surface area contributed by atoms with Crippen molar-refractivity contribution in [3.63, 3.8) is 0 Å². The van der Waals surface area contributed by atoms with Gasteiger partial charge in [-0.3, -0.25) is 14.2 Å². The van der Waals surface area contributed by atoms with E-state index in [-0.39, 0.29) is 12.1 Å². The number of benzene rings is 2. The maximum atomic E-state index is 13.2. The summed E-state index contributed by atoms with van der Waals surface area (Å²) >= 11 is 1.41. The Morgan fingerprint density at radius 2 is 1.95 bits per heavy atom. The maximum Gasteiger partial charge on any atom is 0.263 e. The van der Waals surface area contributed by atoms with Crippen LogP contribution in [-0.2, 0) is 11.3 Å². The Morgan fingerprint density at radius 3 is 2.71 bits per heavy atom. The Hall–Kier alpha value is -3.98. The number of nitrogens with zero attached hydrogens (tertiary/aromatic N) is 3. The minimum atomic E-state index is -0.435. The number of methoxy groups -OCH3 is 1. The lowest BCUT2D eigenvalue weighted by Gasteiger charge is -2.11. The Morgan fingerprint density at radius 1 is 1.13 bits per heavy atom. The third kappa shape index (κ3) is 6.66. The lowest BCUT2D eigenvalue weighted by molar-refractivity contribution is -0.121. The lowest BCUT2D eigenvalue weighted by atomic mass is 10.1. The molecule has 1 amide bonds. The fraction of sp³-hybridized carbons (Fsp3) is 0.310. The van der Waals surface area contributed by atoms with Crippen LogP contribution in [0.25, 0.3) is 21.3 Å². The average molecular weight is 533 g/mol. The molecule has 0 atom stereocenters. The monoisotopic (exact) mass is 532 g/mol. The summed E-state index contributed by atoms with van der Waals surface area (Å²) in [7, 11) is 1.59. The minimum Gasteiger partial charge on any atom is -0.493 e. The molecule has 0 fully saturated rings. The Balaban J connectivity index is 1.40. The molecule has 198 valence electrons. The number of nitrogens with one attached hydrogen (secondary N) is 1. The van der Waals surface area contributed by atoms with Crippen molar-refractivity contribution < 1.29 is 14.3 Å². The molecule has 2 heterocycles. The van der Waals surface area contributed by atoms with E-state index in [1.54, 1.807) is 13.2 Å². The van der Waals surface area contributed by atoms with E-state index in [1.807, 2.05) is 48.7 Å². The van der Waals surface area contributed by atoms with Crippen LogP contribution in [0.2, 0.25) is 0 Å². The third-order valence-corrected chi connectivity index (χ3v) is 6.97. The van der Waals surface area contributed by atoms with Crippen molar-refractivity contribution in [1.82, 2.24) is 15.0 Å². The Kier molecular flexibility index (Phi) is 9.26. The van der Waals surface area contributed by atoms with Crippen LogP contribution in [0.5, 0.6) is 11.5 Å². The van der Waals surface area contributed by atoms with Gasteiger partial charge in [-0.05, 0) is 42.7 Å². The van der Waals surface area contributed by atoms with Crippen molar-refractivity contribution in [3.8, 4) is 22.6 Å². The average Bonchev–Trinajstić information content (AvgIpc) is 3.36. The van der Waals surface area contributed by atoms with Crippen molar-refractivity contribution in [2.24, 2.45) is 5.10 Å². The van der Waals surface area contributed by atoms with Gasteiger partial charge in [0.05, 0.1) is 31.6 Å². The number of ether oxygens (including phenoxy) is 2. The molecule has 0 unspecified atom stereocenters. The number of carbonyl (C=O) groups is 1. The summed E-state index contributed by atoms with van der Waals surface area (Å²) in [6.45, 7) is 4.63. The van der Waals surface area contributed by atoms with Gasteiger partial charge in [-0.15, -0.1) is 11.3 Å². The van der Waals surface area contributed by atoms with Gasteiger partial charge in [0.1, 0.15) is 11.4 Å². The standard InChI is InChI=1S/C29H32N4O4S/c1-4-5-6-7-14-37-24-13-10-21(15-25(24)36-3)16-31-32-26(34)17-33-19-30-28-27(29(33)35)23(18-38-28)22-11-8-20(2)9-12-22/h8-13,15-16,18-19H,4-7,14,17H2,1-3H3,(H,32,34)/b31-16+. The third-order valence-electron chi connectivity index (χ3n) is 6.08. The van der Waals surface area contributed by atoms with Crippen LogP contribution in [0, 0.1) is 6.92 Å². The zero-order chi connectivity index (χ0) is 26.9. The SMILES string of the molecule is CCCCCCOc1ccc(/C=N/NC(=O)Cn2cnc3scc(-c4ccc(C)cc4)c3c2=O)cc1OC. The molecule has 4 rings (SSSR count). The highest BCUT2D eigenvalue weighted by Crippen LogP contribution is 2.31. The van der Waals surface area contributed by atoms with Crippen LogP contribution in [0.1, 0.15) is 43.7 Å². The molecule has 4 aromatic rings. The fourth-order valence-electron chi connectivity index (χ4n) is 3.99. The van der Waals surface area contributed by atoms with E-state index in [0.717, 1.165) is 35.1 Å². The number of thiophene rings is 1. The molecule has 9 heteroatoms. The summed E-state index contributed by atoms with van der Waals surface area (Å²) in [6.07, 6.45) is 7.43. The van der Waals surface area contributed by atoms with Gasteiger partial charge >= 0.3 is 0 Å². The number of hydrogen-bond donors (Lipinski definition) is 1. The van der Waals surface area contributed by atoms with Crippen molar-refractivity contribution >= 4 is 33.7 Å². The highest BCUT2D eigenvalue weighted by molar-refractivity contribution is 7.17. The van der Waals surface area contributed by atoms with E-state index >= 15 is 0 Å². The first-order chi connectivity index (χ1) is 18.5. The summed E-state index contributed by atoms with van der Waals surface area (Å²) in [5.41, 5.74) is 5.85. The molecular formula is C29H32N4O4S. The van der Waals surface area contributed by atoms with Crippen LogP contribution in [0.3, 0.4) is 0 Å². The quantitative estimate of drug-likeness (QED) is 0.147. The van der Waals surface area contributed by atoms with E-state index in [4.69, 9.17) is 9.47 Å². The van der Waals surface area contributed by atoms with E-state index < -0.39 is 5.91 Å². The van der Waals surface area contributed by atoms with Gasteiger partial charge in [-0.1, -0.05) is 56.0 Å². The largest absolute Gasteiger partial charge is 0.493 e. The number of unbranched alkanes of at least 4 members (excludes halogenated alkanes) is 3. The molecule has 8 nitrogen and oxygen atoms in total. The van der Waals surface area contributed by atoms with Gasteiger partial charge in [-0.25, -0.2) is 10.4 Å². The minimum absolute atomic E-state index is 0.198. The molecule has 0 radical (unpaired) electrons. The first-order valence-electron chi connectivity index (χ1n) is 12.7. The molecule has 0 aliphatic carbocycles. The molecule has 0 saturated carbocycles. The van der Waals surface area contributed by atoms with Crippen molar-refractivity contribution in [2.45, 2.75) is 46.1 Å². The van der Waals surface area contributed by atoms with E-state index in [0.29, 0.717) is 28.3 Å². The molecule has 0 spiro atoms. The van der Waals surface area contributed by atoms with Gasteiger partial charge in [0.2, 0.25) is 0 Å². The van der Waals surface area contributed by atoms with Gasteiger partial charge in [0.15, 0.2) is 11.5 Å². The van der Waals surface area contributed by atoms with Crippen molar-refractivity contribution in [1.29, 1.82) is 0 Å². The summed E-state index contributed by atoms with van der Waals surface area (Å²) in [6, 6.07) is 13.4. The second-order valence-corrected chi connectivity index (χ2v) is 9.84. The molecule has 0 bridgehead atoms. The molecule has 2 aromatic carbocycles. The predicted molar refractivity (Wildman–Crippen MR) is 152 cm³/mol. The number of aryl methyl sites for hydroxylation is 1. The number of rotatable bonds is 12. The lowest BCUT2D eigenvalue weighted by Crippen LogP contribution is -2.30. The number of hydrazone groups is 1. The number of hydrogen-bond acceptors (Lipinski definition) is 7. The van der Waals surface area contributed by atoms with Gasteiger partial charge in [-0.2, -0.15) is 5.10 Å². The van der Waals surface area contributed by atoms with Gasteiger partial charge < -0.3 is 9.47 Å². The van der Waals surface area contributed by atoms with Crippen LogP contribution in [-0.4, -0.2) is 35.4 Å². The first-order valence-corrected chi connectivity index (χ1v) is 13.5. The molecular weight excluding hydrogens is 500 g/mol. The second kappa shape index (κ2) is 13.0. The maximum absolute atomic E-state index is 13.2.